The maximum absolute atomic E-state index is 12.6. The van der Waals surface area contributed by atoms with E-state index in [0.717, 1.165) is 35.9 Å². The molecule has 2 aromatic rings. The first kappa shape index (κ1) is 22.7. The normalized spacial score (nSPS) is 17.1. The van der Waals surface area contributed by atoms with Crippen LogP contribution in [0.25, 0.3) is 0 Å². The minimum Gasteiger partial charge on any atom is -0.482 e. The molecule has 8 heteroatoms. The summed E-state index contributed by atoms with van der Waals surface area (Å²) in [5.41, 5.74) is 2.26. The van der Waals surface area contributed by atoms with E-state index >= 15 is 0 Å². The summed E-state index contributed by atoms with van der Waals surface area (Å²) < 4.78 is 5.63. The Morgan fingerprint density at radius 3 is 2.75 bits per heavy atom. The van der Waals surface area contributed by atoms with E-state index in [-0.39, 0.29) is 23.8 Å². The highest BCUT2D eigenvalue weighted by molar-refractivity contribution is 7.09. The van der Waals surface area contributed by atoms with Crippen LogP contribution in [0, 0.1) is 0 Å². The summed E-state index contributed by atoms with van der Waals surface area (Å²) in [6.07, 6.45) is 3.78. The van der Waals surface area contributed by atoms with E-state index in [1.165, 1.54) is 30.6 Å². The first-order chi connectivity index (χ1) is 15.3. The molecule has 0 spiro atoms. The molecule has 1 fully saturated rings. The maximum atomic E-state index is 12.6. The smallest absolute Gasteiger partial charge is 0.270 e. The van der Waals surface area contributed by atoms with Gasteiger partial charge in [0.1, 0.15) is 16.5 Å². The molecule has 0 radical (unpaired) electrons. The first-order valence-electron chi connectivity index (χ1n) is 11.3. The number of nitrogens with one attached hydrogen (secondary N) is 1. The summed E-state index contributed by atoms with van der Waals surface area (Å²) in [6, 6.07) is 6.00. The van der Waals surface area contributed by atoms with Crippen LogP contribution in [0.4, 0.5) is 5.69 Å². The van der Waals surface area contributed by atoms with Crippen molar-refractivity contribution in [1.82, 2.24) is 15.2 Å². The van der Waals surface area contributed by atoms with Gasteiger partial charge in [0.25, 0.3) is 11.8 Å². The molecule has 7 nitrogen and oxygen atoms in total. The molecule has 2 aliphatic heterocycles. The average molecular weight is 457 g/mol. The summed E-state index contributed by atoms with van der Waals surface area (Å²) in [4.78, 5) is 33.8. The molecule has 4 rings (SSSR count). The molecule has 0 atom stereocenters. The molecule has 0 bridgehead atoms. The van der Waals surface area contributed by atoms with Gasteiger partial charge in [0.2, 0.25) is 0 Å². The van der Waals surface area contributed by atoms with Gasteiger partial charge < -0.3 is 15.0 Å². The third-order valence-corrected chi connectivity index (χ3v) is 6.84. The number of amides is 2. The molecule has 32 heavy (non-hydrogen) atoms. The van der Waals surface area contributed by atoms with Crippen LogP contribution in [-0.4, -0.2) is 54.5 Å². The fourth-order valence-electron chi connectivity index (χ4n) is 4.07. The largest absolute Gasteiger partial charge is 0.482 e. The highest BCUT2D eigenvalue weighted by Gasteiger charge is 2.28. The molecule has 0 saturated carbocycles. The van der Waals surface area contributed by atoms with Crippen LogP contribution < -0.4 is 15.0 Å². The number of fused-ring (bicyclic) bond motifs is 1. The van der Waals surface area contributed by atoms with Crippen molar-refractivity contribution in [1.29, 1.82) is 0 Å². The average Bonchev–Trinajstić information content (AvgIpc) is 3.24. The van der Waals surface area contributed by atoms with E-state index in [2.05, 4.69) is 36.0 Å². The van der Waals surface area contributed by atoms with E-state index in [9.17, 15) is 9.59 Å². The highest BCUT2D eigenvalue weighted by atomic mass is 32.1. The third-order valence-electron chi connectivity index (χ3n) is 6.01. The van der Waals surface area contributed by atoms with Crippen molar-refractivity contribution < 1.29 is 14.3 Å². The number of carbonyl (C=O) groups is 2. The summed E-state index contributed by atoms with van der Waals surface area (Å²) in [7, 11) is 0. The van der Waals surface area contributed by atoms with Gasteiger partial charge in [-0.1, -0.05) is 33.3 Å². The number of aromatic nitrogens is 1. The predicted octanol–water partition coefficient (Wildman–Crippen LogP) is 3.58. The van der Waals surface area contributed by atoms with Crippen molar-refractivity contribution in [3.8, 4) is 5.75 Å². The van der Waals surface area contributed by atoms with E-state index < -0.39 is 0 Å². The van der Waals surface area contributed by atoms with Gasteiger partial charge in [-0.15, -0.1) is 11.3 Å². The number of ether oxygens (including phenoxy) is 1. The standard InChI is InChI=1S/C24H32N4O3S/c1-24(2,3)17-7-8-20-19(13-17)28(22(29)15-31-20)14-21-26-18(16-32-21)23(30)25-9-12-27-10-5-4-6-11-27/h7-8,13,16H,4-6,9-12,14-15H2,1-3H3,(H,25,30). The number of rotatable bonds is 6. The number of nitrogens with zero attached hydrogens (tertiary/aromatic N) is 3. The Bertz CT molecular complexity index is 976. The van der Waals surface area contributed by atoms with Crippen LogP contribution in [0.15, 0.2) is 23.6 Å². The molecule has 0 unspecified atom stereocenters. The molecule has 3 heterocycles. The minimum absolute atomic E-state index is 0.0110. The lowest BCUT2D eigenvalue weighted by Crippen LogP contribution is -2.38. The number of benzene rings is 1. The lowest BCUT2D eigenvalue weighted by Gasteiger charge is -2.31. The number of likely N-dealkylation sites (tertiary alicyclic amines) is 1. The first-order valence-corrected chi connectivity index (χ1v) is 12.2. The summed E-state index contributed by atoms with van der Waals surface area (Å²) in [6.45, 7) is 10.5. The van der Waals surface area contributed by atoms with E-state index in [4.69, 9.17) is 4.74 Å². The molecule has 0 aliphatic carbocycles. The van der Waals surface area contributed by atoms with Gasteiger partial charge in [0.15, 0.2) is 6.61 Å². The number of piperidine rings is 1. The second kappa shape index (κ2) is 9.58. The van der Waals surface area contributed by atoms with Gasteiger partial charge in [0.05, 0.1) is 12.2 Å². The fraction of sp³-hybridized carbons (Fsp3) is 0.542. The summed E-state index contributed by atoms with van der Waals surface area (Å²) in [5, 5.41) is 5.47. The van der Waals surface area contributed by atoms with Gasteiger partial charge in [-0.2, -0.15) is 0 Å². The van der Waals surface area contributed by atoms with Crippen molar-refractivity contribution >= 4 is 28.8 Å². The van der Waals surface area contributed by atoms with Gasteiger partial charge in [-0.3, -0.25) is 14.5 Å². The van der Waals surface area contributed by atoms with E-state index in [0.29, 0.717) is 24.5 Å². The molecular formula is C24H32N4O3S. The molecule has 1 N–H and O–H groups in total. The van der Waals surface area contributed by atoms with Crippen LogP contribution in [0.5, 0.6) is 5.75 Å². The fourth-order valence-corrected chi connectivity index (χ4v) is 4.83. The van der Waals surface area contributed by atoms with Crippen LogP contribution in [0.2, 0.25) is 0 Å². The van der Waals surface area contributed by atoms with Gasteiger partial charge in [-0.25, -0.2) is 4.98 Å². The lowest BCUT2D eigenvalue weighted by molar-refractivity contribution is -0.121. The van der Waals surface area contributed by atoms with Crippen molar-refractivity contribution in [2.45, 2.75) is 52.0 Å². The highest BCUT2D eigenvalue weighted by Crippen LogP contribution is 2.37. The molecule has 1 aromatic heterocycles. The number of carbonyl (C=O) groups excluding carboxylic acids is 2. The zero-order valence-corrected chi connectivity index (χ0v) is 20.0. The third kappa shape index (κ3) is 5.30. The van der Waals surface area contributed by atoms with Crippen LogP contribution in [0.1, 0.15) is 61.1 Å². The van der Waals surface area contributed by atoms with Crippen molar-refractivity contribution in [2.24, 2.45) is 0 Å². The number of hydrogen-bond acceptors (Lipinski definition) is 6. The van der Waals surface area contributed by atoms with E-state index in [1.54, 1.807) is 10.3 Å². The van der Waals surface area contributed by atoms with Crippen molar-refractivity contribution in [3.05, 3.63) is 39.8 Å². The Hall–Kier alpha value is -2.45. The molecule has 1 saturated heterocycles. The lowest BCUT2D eigenvalue weighted by atomic mass is 9.86. The zero-order chi connectivity index (χ0) is 22.7. The quantitative estimate of drug-likeness (QED) is 0.719. The van der Waals surface area contributed by atoms with Crippen LogP contribution in [0.3, 0.4) is 0 Å². The molecular weight excluding hydrogens is 424 g/mol. The molecule has 172 valence electrons. The Morgan fingerprint density at radius 1 is 1.22 bits per heavy atom. The molecule has 2 aliphatic rings. The second-order valence-corrected chi connectivity index (χ2v) is 10.4. The Morgan fingerprint density at radius 2 is 2.00 bits per heavy atom. The summed E-state index contributed by atoms with van der Waals surface area (Å²) in [5.74, 6) is 0.435. The number of thiazole rings is 1. The molecule has 2 amide bonds. The number of hydrogen-bond donors (Lipinski definition) is 1. The Labute approximate surface area is 193 Å². The summed E-state index contributed by atoms with van der Waals surface area (Å²) >= 11 is 1.40. The monoisotopic (exact) mass is 456 g/mol. The Balaban J connectivity index is 1.41. The predicted molar refractivity (Wildman–Crippen MR) is 127 cm³/mol. The second-order valence-electron chi connectivity index (χ2n) is 9.49. The topological polar surface area (TPSA) is 74.8 Å². The maximum Gasteiger partial charge on any atom is 0.270 e. The molecule has 1 aromatic carbocycles. The van der Waals surface area contributed by atoms with E-state index in [1.807, 2.05) is 18.2 Å². The van der Waals surface area contributed by atoms with Gasteiger partial charge >= 0.3 is 0 Å². The van der Waals surface area contributed by atoms with Crippen LogP contribution in [-0.2, 0) is 16.8 Å². The van der Waals surface area contributed by atoms with Crippen molar-refractivity contribution in [3.63, 3.8) is 0 Å². The Kier molecular flexibility index (Phi) is 6.81. The van der Waals surface area contributed by atoms with Crippen LogP contribution >= 0.6 is 11.3 Å². The van der Waals surface area contributed by atoms with Gasteiger partial charge in [-0.05, 0) is 49.0 Å². The SMILES string of the molecule is CC(C)(C)c1ccc2c(c1)N(Cc1nc(C(=O)NCCN3CCCCC3)cs1)C(=O)CO2. The number of anilines is 1. The van der Waals surface area contributed by atoms with Gasteiger partial charge in [0, 0.05) is 18.5 Å². The zero-order valence-electron chi connectivity index (χ0n) is 19.1. The minimum atomic E-state index is -0.159. The van der Waals surface area contributed by atoms with Crippen molar-refractivity contribution in [2.75, 3.05) is 37.7 Å².